The molecule has 4 rings (SSSR count). The molecule has 1 fully saturated rings. The van der Waals surface area contributed by atoms with Gasteiger partial charge in [-0.05, 0) is 67.9 Å². The summed E-state index contributed by atoms with van der Waals surface area (Å²) in [6.45, 7) is 4.39. The molecule has 3 aromatic rings. The van der Waals surface area contributed by atoms with E-state index in [0.29, 0.717) is 29.3 Å². The number of anilines is 2. The summed E-state index contributed by atoms with van der Waals surface area (Å²) >= 11 is 0. The largest absolute Gasteiger partial charge is 0.494 e. The number of nitrogens with zero attached hydrogens (tertiary/aromatic N) is 2. The molecule has 0 bridgehead atoms. The van der Waals surface area contributed by atoms with Gasteiger partial charge in [-0.3, -0.25) is 9.59 Å². The maximum absolute atomic E-state index is 13.4. The Labute approximate surface area is 203 Å². The first-order valence-corrected chi connectivity index (χ1v) is 11.3. The highest BCUT2D eigenvalue weighted by Crippen LogP contribution is 2.29. The Morgan fingerprint density at radius 3 is 2.26 bits per heavy atom. The summed E-state index contributed by atoms with van der Waals surface area (Å²) < 4.78 is 18.8. The van der Waals surface area contributed by atoms with Crippen LogP contribution in [-0.4, -0.2) is 35.4 Å². The lowest BCUT2D eigenvalue weighted by atomic mass is 10.1. The Hall–Kier alpha value is -4.20. The highest BCUT2D eigenvalue weighted by Gasteiger charge is 2.46. The van der Waals surface area contributed by atoms with Crippen LogP contribution in [0.15, 0.2) is 72.8 Å². The normalized spacial score (nSPS) is 15.5. The van der Waals surface area contributed by atoms with Crippen LogP contribution in [0.25, 0.3) is 0 Å². The molecule has 0 saturated carbocycles. The molecule has 1 heterocycles. The van der Waals surface area contributed by atoms with Crippen LogP contribution in [0, 0.1) is 12.7 Å². The average Bonchev–Trinajstić information content (AvgIpc) is 3.06. The van der Waals surface area contributed by atoms with Gasteiger partial charge in [-0.2, -0.15) is 0 Å². The van der Waals surface area contributed by atoms with E-state index in [1.54, 1.807) is 48.5 Å². The number of carbonyl (C=O) groups is 3. The fourth-order valence-electron chi connectivity index (χ4n) is 3.92. The van der Waals surface area contributed by atoms with Crippen molar-refractivity contribution >= 4 is 29.2 Å². The van der Waals surface area contributed by atoms with Crippen LogP contribution in [0.3, 0.4) is 0 Å². The molecule has 1 aliphatic heterocycles. The van der Waals surface area contributed by atoms with Gasteiger partial charge in [0.2, 0.25) is 5.91 Å². The summed E-state index contributed by atoms with van der Waals surface area (Å²) in [4.78, 5) is 42.0. The lowest BCUT2D eigenvalue weighted by Gasteiger charge is -2.21. The van der Waals surface area contributed by atoms with Gasteiger partial charge in [0, 0.05) is 12.2 Å². The molecule has 1 N–H and O–H groups in total. The molecule has 0 radical (unpaired) electrons. The Bertz CT molecular complexity index is 1210. The number of carbonyl (C=O) groups excluding carboxylic acids is 3. The number of hydrogen-bond donors (Lipinski definition) is 1. The fourth-order valence-corrected chi connectivity index (χ4v) is 3.92. The monoisotopic (exact) mass is 475 g/mol. The van der Waals surface area contributed by atoms with Gasteiger partial charge in [0.1, 0.15) is 17.6 Å². The molecular formula is C27H26FN3O4. The fraction of sp³-hybridized carbons (Fsp3) is 0.222. The minimum atomic E-state index is -1.00. The zero-order valence-corrected chi connectivity index (χ0v) is 19.5. The van der Waals surface area contributed by atoms with Gasteiger partial charge in [-0.15, -0.1) is 0 Å². The number of aryl methyl sites for hydroxylation is 1. The second-order valence-electron chi connectivity index (χ2n) is 8.27. The number of halogens is 1. The van der Waals surface area contributed by atoms with Crippen LogP contribution in [-0.2, 0) is 16.1 Å². The molecule has 8 heteroatoms. The van der Waals surface area contributed by atoms with Gasteiger partial charge < -0.3 is 15.0 Å². The minimum Gasteiger partial charge on any atom is -0.494 e. The first kappa shape index (κ1) is 23.9. The Kier molecular flexibility index (Phi) is 7.10. The van der Waals surface area contributed by atoms with Crippen molar-refractivity contribution in [2.45, 2.75) is 32.9 Å². The molecule has 1 aliphatic rings. The van der Waals surface area contributed by atoms with E-state index in [-0.39, 0.29) is 13.0 Å². The van der Waals surface area contributed by atoms with E-state index in [4.69, 9.17) is 4.74 Å². The first-order chi connectivity index (χ1) is 16.9. The van der Waals surface area contributed by atoms with E-state index in [1.807, 2.05) is 26.0 Å². The molecule has 1 saturated heterocycles. The van der Waals surface area contributed by atoms with Gasteiger partial charge in [-0.25, -0.2) is 14.1 Å². The quantitative estimate of drug-likeness (QED) is 0.470. The van der Waals surface area contributed by atoms with E-state index in [0.717, 1.165) is 10.5 Å². The number of nitrogens with one attached hydrogen (secondary N) is 1. The van der Waals surface area contributed by atoms with Crippen molar-refractivity contribution in [2.24, 2.45) is 0 Å². The summed E-state index contributed by atoms with van der Waals surface area (Å²) in [5, 5.41) is 2.77. The zero-order valence-electron chi connectivity index (χ0n) is 19.5. The molecule has 7 nitrogen and oxygen atoms in total. The maximum Gasteiger partial charge on any atom is 0.332 e. The third-order valence-corrected chi connectivity index (χ3v) is 5.70. The summed E-state index contributed by atoms with van der Waals surface area (Å²) in [6, 6.07) is 18.1. The lowest BCUT2D eigenvalue weighted by Crippen LogP contribution is -2.37. The van der Waals surface area contributed by atoms with E-state index >= 15 is 0 Å². The van der Waals surface area contributed by atoms with Gasteiger partial charge in [0.15, 0.2) is 0 Å². The summed E-state index contributed by atoms with van der Waals surface area (Å²) in [6.07, 6.45) is -0.221. The van der Waals surface area contributed by atoms with Crippen LogP contribution in [0.2, 0.25) is 0 Å². The SMILES string of the molecule is CCOc1ccc(NC(=O)C[C@@H]2C(=O)N(c3ccc(C)cc3)C(=O)N2Cc2ccc(F)cc2)cc1. The van der Waals surface area contributed by atoms with Crippen molar-refractivity contribution in [1.29, 1.82) is 0 Å². The molecule has 1 atom stereocenters. The van der Waals surface area contributed by atoms with Crippen LogP contribution < -0.4 is 15.0 Å². The zero-order chi connectivity index (χ0) is 24.9. The predicted molar refractivity (Wildman–Crippen MR) is 131 cm³/mol. The van der Waals surface area contributed by atoms with E-state index in [2.05, 4.69) is 5.32 Å². The predicted octanol–water partition coefficient (Wildman–Crippen LogP) is 4.90. The van der Waals surface area contributed by atoms with Crippen LogP contribution >= 0.6 is 0 Å². The smallest absolute Gasteiger partial charge is 0.332 e. The van der Waals surface area contributed by atoms with Crippen molar-refractivity contribution < 1.29 is 23.5 Å². The molecule has 0 unspecified atom stereocenters. The van der Waals surface area contributed by atoms with Crippen molar-refractivity contribution in [2.75, 3.05) is 16.8 Å². The number of urea groups is 1. The highest BCUT2D eigenvalue weighted by molar-refractivity contribution is 6.22. The number of amides is 4. The van der Waals surface area contributed by atoms with Gasteiger partial charge >= 0.3 is 6.03 Å². The molecular weight excluding hydrogens is 449 g/mol. The molecule has 0 aliphatic carbocycles. The van der Waals surface area contributed by atoms with Gasteiger partial charge in [0.25, 0.3) is 5.91 Å². The number of rotatable bonds is 8. The third-order valence-electron chi connectivity index (χ3n) is 5.70. The summed E-state index contributed by atoms with van der Waals surface area (Å²) in [7, 11) is 0. The molecule has 3 aromatic carbocycles. The molecule has 35 heavy (non-hydrogen) atoms. The Morgan fingerprint density at radius 1 is 0.971 bits per heavy atom. The van der Waals surface area contributed by atoms with Crippen LogP contribution in [0.1, 0.15) is 24.5 Å². The van der Waals surface area contributed by atoms with Crippen LogP contribution in [0.4, 0.5) is 20.6 Å². The molecule has 0 aromatic heterocycles. The molecule has 4 amide bonds. The maximum atomic E-state index is 13.4. The molecule has 180 valence electrons. The van der Waals surface area contributed by atoms with E-state index in [1.165, 1.54) is 17.0 Å². The topological polar surface area (TPSA) is 79.0 Å². The van der Waals surface area contributed by atoms with Crippen molar-refractivity contribution in [3.63, 3.8) is 0 Å². The van der Waals surface area contributed by atoms with Crippen molar-refractivity contribution in [3.8, 4) is 5.75 Å². The summed E-state index contributed by atoms with van der Waals surface area (Å²) in [5.41, 5.74) is 2.62. The van der Waals surface area contributed by atoms with E-state index in [9.17, 15) is 18.8 Å². The molecule has 0 spiro atoms. The van der Waals surface area contributed by atoms with Crippen molar-refractivity contribution in [3.05, 3.63) is 89.7 Å². The van der Waals surface area contributed by atoms with E-state index < -0.39 is 29.7 Å². The minimum absolute atomic E-state index is 0.0637. The second kappa shape index (κ2) is 10.4. The highest BCUT2D eigenvalue weighted by atomic mass is 19.1. The third kappa shape index (κ3) is 5.48. The lowest BCUT2D eigenvalue weighted by molar-refractivity contribution is -0.124. The number of imide groups is 1. The van der Waals surface area contributed by atoms with Gasteiger partial charge in [-0.1, -0.05) is 29.8 Å². The Morgan fingerprint density at radius 2 is 1.63 bits per heavy atom. The average molecular weight is 476 g/mol. The first-order valence-electron chi connectivity index (χ1n) is 11.3. The summed E-state index contributed by atoms with van der Waals surface area (Å²) in [5.74, 6) is -0.607. The van der Waals surface area contributed by atoms with Crippen LogP contribution in [0.5, 0.6) is 5.75 Å². The number of hydrogen-bond acceptors (Lipinski definition) is 4. The Balaban J connectivity index is 1.56. The standard InChI is InChI=1S/C27H26FN3O4/c1-3-35-23-14-10-21(11-15-23)29-25(32)16-24-26(33)31(22-12-4-18(2)5-13-22)27(34)30(24)17-19-6-8-20(28)9-7-19/h4-15,24H,3,16-17H2,1-2H3,(H,29,32)/t24-/m1/s1. The van der Waals surface area contributed by atoms with Crippen molar-refractivity contribution in [1.82, 2.24) is 4.90 Å². The van der Waals surface area contributed by atoms with Gasteiger partial charge in [0.05, 0.1) is 18.7 Å². The number of ether oxygens (including phenoxy) is 1. The second-order valence-corrected chi connectivity index (χ2v) is 8.27. The number of benzene rings is 3.